The largest absolute Gasteiger partial charge is 0.416 e. The Hall–Kier alpha value is -1.56. The van der Waals surface area contributed by atoms with Gasteiger partial charge in [0.15, 0.2) is 0 Å². The average molecular weight is 330 g/mol. The van der Waals surface area contributed by atoms with Gasteiger partial charge >= 0.3 is 6.18 Å². The lowest BCUT2D eigenvalue weighted by atomic mass is 10.1. The predicted octanol–water partition coefficient (Wildman–Crippen LogP) is 3.95. The minimum atomic E-state index is -4.38. The highest BCUT2D eigenvalue weighted by Gasteiger charge is 2.30. The normalized spacial score (nSPS) is 13.2. The summed E-state index contributed by atoms with van der Waals surface area (Å²) in [4.78, 5) is 14.3. The van der Waals surface area contributed by atoms with E-state index in [4.69, 9.17) is 0 Å². The summed E-state index contributed by atoms with van der Waals surface area (Å²) >= 11 is 0. The number of hydrogen-bond acceptors (Lipinski definition) is 2. The van der Waals surface area contributed by atoms with Crippen LogP contribution in [0.25, 0.3) is 0 Å². The Bertz CT molecular complexity index is 482. The van der Waals surface area contributed by atoms with Crippen LogP contribution < -0.4 is 5.32 Å². The van der Waals surface area contributed by atoms with E-state index in [0.717, 1.165) is 44.6 Å². The lowest BCUT2D eigenvalue weighted by molar-refractivity contribution is -0.137. The molecule has 130 valence electrons. The van der Waals surface area contributed by atoms with Gasteiger partial charge in [0, 0.05) is 11.6 Å². The molecular formula is C17H25F3N2O. The highest BCUT2D eigenvalue weighted by molar-refractivity contribution is 5.94. The zero-order chi connectivity index (χ0) is 17.5. The molecular weight excluding hydrogens is 305 g/mol. The van der Waals surface area contributed by atoms with Crippen LogP contribution in [0.3, 0.4) is 0 Å². The first-order chi connectivity index (χ1) is 10.8. The third kappa shape index (κ3) is 6.60. The smallest absolute Gasteiger partial charge is 0.350 e. The minimum absolute atomic E-state index is 0.0136. The number of benzene rings is 1. The van der Waals surface area contributed by atoms with Crippen LogP contribution in [0.5, 0.6) is 0 Å². The molecule has 1 amide bonds. The van der Waals surface area contributed by atoms with E-state index < -0.39 is 11.7 Å². The zero-order valence-electron chi connectivity index (χ0n) is 13.9. The van der Waals surface area contributed by atoms with Crippen molar-refractivity contribution in [2.75, 3.05) is 19.6 Å². The highest BCUT2D eigenvalue weighted by Crippen LogP contribution is 2.29. The number of halogens is 3. The predicted molar refractivity (Wildman–Crippen MR) is 85.4 cm³/mol. The van der Waals surface area contributed by atoms with Gasteiger partial charge < -0.3 is 10.2 Å². The SMILES string of the molecule is CCN(CC)CCC[C@H](C)NC(=O)c1ccc(C(F)(F)F)cc1. The van der Waals surface area contributed by atoms with Crippen molar-refractivity contribution in [3.63, 3.8) is 0 Å². The maximum absolute atomic E-state index is 12.5. The van der Waals surface area contributed by atoms with Gasteiger partial charge in [-0.25, -0.2) is 0 Å². The Kier molecular flexibility index (Phi) is 7.55. The first-order valence-corrected chi connectivity index (χ1v) is 7.98. The van der Waals surface area contributed by atoms with Gasteiger partial charge in [0.25, 0.3) is 5.91 Å². The topological polar surface area (TPSA) is 32.3 Å². The molecule has 0 bridgehead atoms. The summed E-state index contributed by atoms with van der Waals surface area (Å²) in [7, 11) is 0. The number of carbonyl (C=O) groups excluding carboxylic acids is 1. The third-order valence-corrected chi connectivity index (χ3v) is 3.86. The van der Waals surface area contributed by atoms with Gasteiger partial charge in [-0.2, -0.15) is 13.2 Å². The van der Waals surface area contributed by atoms with E-state index in [2.05, 4.69) is 24.1 Å². The average Bonchev–Trinajstić information content (AvgIpc) is 2.51. The molecule has 0 saturated carbocycles. The lowest BCUT2D eigenvalue weighted by Crippen LogP contribution is -2.33. The Balaban J connectivity index is 2.46. The van der Waals surface area contributed by atoms with E-state index in [9.17, 15) is 18.0 Å². The molecule has 1 aromatic rings. The van der Waals surface area contributed by atoms with Crippen molar-refractivity contribution in [1.82, 2.24) is 10.2 Å². The second-order valence-corrected chi connectivity index (χ2v) is 5.62. The zero-order valence-corrected chi connectivity index (χ0v) is 13.9. The van der Waals surface area contributed by atoms with Crippen LogP contribution in [0.15, 0.2) is 24.3 Å². The van der Waals surface area contributed by atoms with Crippen molar-refractivity contribution in [3.8, 4) is 0 Å². The molecule has 0 aromatic heterocycles. The molecule has 0 unspecified atom stereocenters. The molecule has 0 aliphatic heterocycles. The molecule has 3 nitrogen and oxygen atoms in total. The Morgan fingerprint density at radius 2 is 1.74 bits per heavy atom. The van der Waals surface area contributed by atoms with E-state index >= 15 is 0 Å². The number of amides is 1. The summed E-state index contributed by atoms with van der Waals surface area (Å²) in [5.74, 6) is -0.339. The fourth-order valence-electron chi connectivity index (χ4n) is 2.35. The van der Waals surface area contributed by atoms with Gasteiger partial charge in [-0.15, -0.1) is 0 Å². The Labute approximate surface area is 135 Å². The number of rotatable bonds is 8. The summed E-state index contributed by atoms with van der Waals surface area (Å²) in [5, 5.41) is 2.83. The highest BCUT2D eigenvalue weighted by atomic mass is 19.4. The second kappa shape index (κ2) is 8.91. The molecule has 0 aliphatic carbocycles. The van der Waals surface area contributed by atoms with E-state index in [1.54, 1.807) is 0 Å². The van der Waals surface area contributed by atoms with Gasteiger partial charge in [0.05, 0.1) is 5.56 Å². The Morgan fingerprint density at radius 1 is 1.17 bits per heavy atom. The van der Waals surface area contributed by atoms with Crippen LogP contribution in [0, 0.1) is 0 Å². The quantitative estimate of drug-likeness (QED) is 0.783. The third-order valence-electron chi connectivity index (χ3n) is 3.86. The summed E-state index contributed by atoms with van der Waals surface area (Å²) in [6, 6.07) is 4.27. The van der Waals surface area contributed by atoms with Crippen LogP contribution in [-0.4, -0.2) is 36.5 Å². The number of nitrogens with one attached hydrogen (secondary N) is 1. The van der Waals surface area contributed by atoms with Gasteiger partial charge in [0.1, 0.15) is 0 Å². The summed E-state index contributed by atoms with van der Waals surface area (Å²) in [5.41, 5.74) is -0.505. The molecule has 0 spiro atoms. The fraction of sp³-hybridized carbons (Fsp3) is 0.588. The molecule has 1 aromatic carbocycles. The van der Waals surface area contributed by atoms with Gasteiger partial charge in [0.2, 0.25) is 0 Å². The maximum Gasteiger partial charge on any atom is 0.416 e. The molecule has 1 atom stereocenters. The van der Waals surface area contributed by atoms with E-state index in [1.807, 2.05) is 6.92 Å². The second-order valence-electron chi connectivity index (χ2n) is 5.62. The van der Waals surface area contributed by atoms with Crippen molar-refractivity contribution >= 4 is 5.91 Å². The fourth-order valence-corrected chi connectivity index (χ4v) is 2.35. The van der Waals surface area contributed by atoms with E-state index in [-0.39, 0.29) is 17.5 Å². The van der Waals surface area contributed by atoms with Crippen molar-refractivity contribution in [1.29, 1.82) is 0 Å². The summed E-state index contributed by atoms with van der Waals surface area (Å²) < 4.78 is 37.5. The molecule has 0 aliphatic rings. The lowest BCUT2D eigenvalue weighted by Gasteiger charge is -2.19. The molecule has 6 heteroatoms. The van der Waals surface area contributed by atoms with Crippen molar-refractivity contribution in [2.24, 2.45) is 0 Å². The van der Waals surface area contributed by atoms with Crippen molar-refractivity contribution in [3.05, 3.63) is 35.4 Å². The van der Waals surface area contributed by atoms with E-state index in [1.165, 1.54) is 12.1 Å². The van der Waals surface area contributed by atoms with Gasteiger partial charge in [-0.05, 0) is 63.7 Å². The molecule has 23 heavy (non-hydrogen) atoms. The molecule has 0 radical (unpaired) electrons. The van der Waals surface area contributed by atoms with Gasteiger partial charge in [-0.3, -0.25) is 4.79 Å². The molecule has 0 saturated heterocycles. The number of nitrogens with zero attached hydrogens (tertiary/aromatic N) is 1. The number of hydrogen-bond donors (Lipinski definition) is 1. The Morgan fingerprint density at radius 3 is 2.22 bits per heavy atom. The van der Waals surface area contributed by atoms with Crippen LogP contribution in [0.1, 0.15) is 49.5 Å². The molecule has 1 rings (SSSR count). The van der Waals surface area contributed by atoms with E-state index in [0.29, 0.717) is 0 Å². The maximum atomic E-state index is 12.5. The van der Waals surface area contributed by atoms with Crippen LogP contribution in [0.4, 0.5) is 13.2 Å². The standard InChI is InChI=1S/C17H25F3N2O/c1-4-22(5-2)12-6-7-13(3)21-16(23)14-8-10-15(11-9-14)17(18,19)20/h8-11,13H,4-7,12H2,1-3H3,(H,21,23)/t13-/m0/s1. The molecule has 1 N–H and O–H groups in total. The number of alkyl halides is 3. The monoisotopic (exact) mass is 330 g/mol. The van der Waals surface area contributed by atoms with Crippen LogP contribution >= 0.6 is 0 Å². The van der Waals surface area contributed by atoms with Crippen molar-refractivity contribution in [2.45, 2.75) is 45.8 Å². The molecule has 0 heterocycles. The van der Waals surface area contributed by atoms with Crippen LogP contribution in [-0.2, 0) is 6.18 Å². The minimum Gasteiger partial charge on any atom is -0.350 e. The van der Waals surface area contributed by atoms with Crippen molar-refractivity contribution < 1.29 is 18.0 Å². The van der Waals surface area contributed by atoms with Gasteiger partial charge in [-0.1, -0.05) is 13.8 Å². The number of carbonyl (C=O) groups is 1. The summed E-state index contributed by atoms with van der Waals surface area (Å²) in [6.07, 6.45) is -2.58. The first-order valence-electron chi connectivity index (χ1n) is 7.98. The first kappa shape index (κ1) is 19.5. The van der Waals surface area contributed by atoms with Crippen LogP contribution in [0.2, 0.25) is 0 Å². The molecule has 0 fully saturated rings. The summed E-state index contributed by atoms with van der Waals surface area (Å²) in [6.45, 7) is 9.11.